The third-order valence-corrected chi connectivity index (χ3v) is 3.13. The van der Waals surface area contributed by atoms with E-state index in [0.29, 0.717) is 22.3 Å². The average molecular weight is 274 g/mol. The standard InChI is InChI=1S/C15H12F2N2O/c16-11-3-1-2-9(6-11)15(19-18)14-8-10-7-12(17)4-5-13(10)20-14/h1-8,15,19H,18H2. The number of fused-ring (bicyclic) bond motifs is 1. The molecule has 3 nitrogen and oxygen atoms in total. The van der Waals surface area contributed by atoms with Crippen LogP contribution in [0.2, 0.25) is 0 Å². The van der Waals surface area contributed by atoms with Crippen LogP contribution < -0.4 is 11.3 Å². The molecule has 0 bridgehead atoms. The lowest BCUT2D eigenvalue weighted by Crippen LogP contribution is -2.28. The van der Waals surface area contributed by atoms with E-state index < -0.39 is 6.04 Å². The highest BCUT2D eigenvalue weighted by molar-refractivity contribution is 5.78. The van der Waals surface area contributed by atoms with Crippen LogP contribution in [0.15, 0.2) is 52.9 Å². The molecule has 0 saturated carbocycles. The molecule has 0 amide bonds. The summed E-state index contributed by atoms with van der Waals surface area (Å²) in [4.78, 5) is 0. The fourth-order valence-corrected chi connectivity index (χ4v) is 2.21. The summed E-state index contributed by atoms with van der Waals surface area (Å²) in [5, 5.41) is 0.636. The molecule has 0 aliphatic rings. The Bertz CT molecular complexity index is 754. The molecule has 3 aromatic rings. The van der Waals surface area contributed by atoms with Crippen LogP contribution in [0.3, 0.4) is 0 Å². The summed E-state index contributed by atoms with van der Waals surface area (Å²) in [6.07, 6.45) is 0. The van der Waals surface area contributed by atoms with Crippen LogP contribution in [-0.4, -0.2) is 0 Å². The number of hydrazine groups is 1. The molecule has 2 aromatic carbocycles. The molecular formula is C15H12F2N2O. The van der Waals surface area contributed by atoms with E-state index in [9.17, 15) is 8.78 Å². The minimum Gasteiger partial charge on any atom is -0.459 e. The normalized spacial score (nSPS) is 12.8. The van der Waals surface area contributed by atoms with E-state index in [0.717, 1.165) is 0 Å². The molecule has 3 N–H and O–H groups in total. The van der Waals surface area contributed by atoms with Crippen molar-refractivity contribution in [1.29, 1.82) is 0 Å². The molecule has 0 aliphatic carbocycles. The molecule has 0 spiro atoms. The van der Waals surface area contributed by atoms with E-state index in [2.05, 4.69) is 5.43 Å². The SMILES string of the molecule is NNC(c1cccc(F)c1)c1cc2cc(F)ccc2o1. The van der Waals surface area contributed by atoms with Gasteiger partial charge in [-0.2, -0.15) is 0 Å². The van der Waals surface area contributed by atoms with Gasteiger partial charge in [-0.1, -0.05) is 12.1 Å². The van der Waals surface area contributed by atoms with Crippen molar-refractivity contribution >= 4 is 11.0 Å². The average Bonchev–Trinajstić information content (AvgIpc) is 2.82. The van der Waals surface area contributed by atoms with Gasteiger partial charge in [-0.3, -0.25) is 5.84 Å². The highest BCUT2D eigenvalue weighted by Gasteiger charge is 2.17. The third kappa shape index (κ3) is 2.29. The molecule has 5 heteroatoms. The van der Waals surface area contributed by atoms with Gasteiger partial charge in [0.2, 0.25) is 0 Å². The molecule has 20 heavy (non-hydrogen) atoms. The third-order valence-electron chi connectivity index (χ3n) is 3.13. The van der Waals surface area contributed by atoms with Gasteiger partial charge in [0.15, 0.2) is 0 Å². The second-order valence-electron chi connectivity index (χ2n) is 4.49. The molecule has 102 valence electrons. The van der Waals surface area contributed by atoms with Crippen molar-refractivity contribution in [2.75, 3.05) is 0 Å². The lowest BCUT2D eigenvalue weighted by molar-refractivity contribution is 0.475. The summed E-state index contributed by atoms with van der Waals surface area (Å²) in [5.74, 6) is 5.33. The van der Waals surface area contributed by atoms with Crippen molar-refractivity contribution in [3.63, 3.8) is 0 Å². The summed E-state index contributed by atoms with van der Waals surface area (Å²) in [7, 11) is 0. The number of halogens is 2. The van der Waals surface area contributed by atoms with Gasteiger partial charge in [-0.05, 0) is 42.0 Å². The first-order valence-corrected chi connectivity index (χ1v) is 6.08. The largest absolute Gasteiger partial charge is 0.459 e. The lowest BCUT2D eigenvalue weighted by Gasteiger charge is -2.13. The van der Waals surface area contributed by atoms with Crippen molar-refractivity contribution < 1.29 is 13.2 Å². The molecule has 0 aliphatic heterocycles. The second kappa shape index (κ2) is 5.03. The summed E-state index contributed by atoms with van der Waals surface area (Å²) >= 11 is 0. The van der Waals surface area contributed by atoms with Gasteiger partial charge in [0.05, 0.1) is 0 Å². The van der Waals surface area contributed by atoms with E-state index in [4.69, 9.17) is 10.3 Å². The van der Waals surface area contributed by atoms with Crippen molar-refractivity contribution in [2.45, 2.75) is 6.04 Å². The number of hydrogen-bond acceptors (Lipinski definition) is 3. The van der Waals surface area contributed by atoms with Crippen LogP contribution in [0.5, 0.6) is 0 Å². The monoisotopic (exact) mass is 274 g/mol. The number of nitrogens with two attached hydrogens (primary N) is 1. The first-order valence-electron chi connectivity index (χ1n) is 6.08. The Balaban J connectivity index is 2.07. The molecule has 0 radical (unpaired) electrons. The fourth-order valence-electron chi connectivity index (χ4n) is 2.21. The second-order valence-corrected chi connectivity index (χ2v) is 4.49. The van der Waals surface area contributed by atoms with Crippen LogP contribution in [0.25, 0.3) is 11.0 Å². The molecule has 1 atom stereocenters. The molecular weight excluding hydrogens is 262 g/mol. The number of nitrogens with one attached hydrogen (secondary N) is 1. The number of rotatable bonds is 3. The van der Waals surface area contributed by atoms with Gasteiger partial charge in [0, 0.05) is 5.39 Å². The zero-order valence-electron chi connectivity index (χ0n) is 10.4. The smallest absolute Gasteiger partial charge is 0.134 e. The fraction of sp³-hybridized carbons (Fsp3) is 0.0667. The van der Waals surface area contributed by atoms with Crippen LogP contribution in [0, 0.1) is 11.6 Å². The topological polar surface area (TPSA) is 51.2 Å². The highest BCUT2D eigenvalue weighted by atomic mass is 19.1. The number of hydrogen-bond donors (Lipinski definition) is 2. The Labute approximate surface area is 114 Å². The Kier molecular flexibility index (Phi) is 3.22. The van der Waals surface area contributed by atoms with Crippen molar-refractivity contribution in [3.8, 4) is 0 Å². The first-order chi connectivity index (χ1) is 9.67. The van der Waals surface area contributed by atoms with E-state index in [1.807, 2.05) is 0 Å². The van der Waals surface area contributed by atoms with Crippen molar-refractivity contribution in [3.05, 3.63) is 71.5 Å². The van der Waals surface area contributed by atoms with Gasteiger partial charge in [0.1, 0.15) is 29.0 Å². The summed E-state index contributed by atoms with van der Waals surface area (Å²) < 4.78 is 32.1. The molecule has 0 saturated heterocycles. The number of furan rings is 1. The van der Waals surface area contributed by atoms with E-state index in [1.165, 1.54) is 24.3 Å². The molecule has 0 fully saturated rings. The van der Waals surface area contributed by atoms with E-state index in [1.54, 1.807) is 24.3 Å². The predicted octanol–water partition coefficient (Wildman–Crippen LogP) is 3.26. The van der Waals surface area contributed by atoms with Crippen LogP contribution in [0.4, 0.5) is 8.78 Å². The Hall–Kier alpha value is -2.24. The zero-order chi connectivity index (χ0) is 14.1. The van der Waals surface area contributed by atoms with E-state index >= 15 is 0 Å². The maximum absolute atomic E-state index is 13.3. The maximum atomic E-state index is 13.3. The summed E-state index contributed by atoms with van der Waals surface area (Å²) in [6.45, 7) is 0. The van der Waals surface area contributed by atoms with Crippen molar-refractivity contribution in [1.82, 2.24) is 5.43 Å². The summed E-state index contributed by atoms with van der Waals surface area (Å²) in [5.41, 5.74) is 3.77. The number of benzene rings is 2. The molecule has 3 rings (SSSR count). The van der Waals surface area contributed by atoms with Crippen molar-refractivity contribution in [2.24, 2.45) is 5.84 Å². The maximum Gasteiger partial charge on any atom is 0.134 e. The molecule has 1 aromatic heterocycles. The molecule has 1 heterocycles. The Morgan fingerprint density at radius 1 is 1.00 bits per heavy atom. The van der Waals surface area contributed by atoms with Gasteiger partial charge in [-0.15, -0.1) is 0 Å². The predicted molar refractivity (Wildman–Crippen MR) is 71.7 cm³/mol. The van der Waals surface area contributed by atoms with Crippen LogP contribution in [-0.2, 0) is 0 Å². The van der Waals surface area contributed by atoms with Crippen LogP contribution >= 0.6 is 0 Å². The zero-order valence-corrected chi connectivity index (χ0v) is 10.4. The van der Waals surface area contributed by atoms with Gasteiger partial charge >= 0.3 is 0 Å². The summed E-state index contributed by atoms with van der Waals surface area (Å²) in [6, 6.07) is 11.5. The van der Waals surface area contributed by atoms with E-state index in [-0.39, 0.29) is 11.6 Å². The van der Waals surface area contributed by atoms with Gasteiger partial charge < -0.3 is 4.42 Å². The Morgan fingerprint density at radius 2 is 1.80 bits per heavy atom. The quantitative estimate of drug-likeness (QED) is 0.569. The Morgan fingerprint density at radius 3 is 2.55 bits per heavy atom. The highest BCUT2D eigenvalue weighted by Crippen LogP contribution is 2.28. The minimum absolute atomic E-state index is 0.340. The minimum atomic E-state index is -0.499. The lowest BCUT2D eigenvalue weighted by atomic mass is 10.0. The van der Waals surface area contributed by atoms with Gasteiger partial charge in [-0.25, -0.2) is 14.2 Å². The molecule has 1 unspecified atom stereocenters. The first kappa shape index (κ1) is 12.8. The van der Waals surface area contributed by atoms with Gasteiger partial charge in [0.25, 0.3) is 0 Å². The van der Waals surface area contributed by atoms with Crippen LogP contribution in [0.1, 0.15) is 17.4 Å².